The summed E-state index contributed by atoms with van der Waals surface area (Å²) >= 11 is 0. The van der Waals surface area contributed by atoms with Crippen LogP contribution in [-0.4, -0.2) is 32.1 Å². The molecule has 0 atom stereocenters. The zero-order chi connectivity index (χ0) is 25.9. The lowest BCUT2D eigenvalue weighted by Gasteiger charge is -2.27. The molecule has 190 valence electrons. The van der Waals surface area contributed by atoms with Crippen molar-refractivity contribution in [3.05, 3.63) is 64.7 Å². The van der Waals surface area contributed by atoms with Crippen molar-refractivity contribution >= 4 is 6.71 Å². The molecule has 3 nitrogen and oxygen atoms in total. The average Bonchev–Trinajstić information content (AvgIpc) is 2.82. The van der Waals surface area contributed by atoms with E-state index in [1.807, 2.05) is 38.1 Å². The van der Waals surface area contributed by atoms with E-state index in [9.17, 15) is 5.11 Å². The molecule has 0 bridgehead atoms. The predicted octanol–water partition coefficient (Wildman–Crippen LogP) is 8.04. The van der Waals surface area contributed by atoms with Crippen molar-refractivity contribution in [2.45, 2.75) is 87.4 Å². The maximum absolute atomic E-state index is 9.38. The molecule has 0 heterocycles. The first-order chi connectivity index (χ1) is 16.4. The van der Waals surface area contributed by atoms with Crippen LogP contribution in [0.25, 0.3) is 11.1 Å². The Bertz CT molecular complexity index is 828. The zero-order valence-corrected chi connectivity index (χ0v) is 23.3. The van der Waals surface area contributed by atoms with Crippen LogP contribution in [0.4, 0.5) is 0 Å². The van der Waals surface area contributed by atoms with Crippen molar-refractivity contribution in [3.8, 4) is 16.9 Å². The number of hydrogen-bond acceptors (Lipinski definition) is 3. The second-order valence-corrected chi connectivity index (χ2v) is 8.63. The summed E-state index contributed by atoms with van der Waals surface area (Å²) in [6.07, 6.45) is 8.67. The summed E-state index contributed by atoms with van der Waals surface area (Å²) in [6, 6.07) is 10.3. The highest BCUT2D eigenvalue weighted by Gasteiger charge is 2.24. The smallest absolute Gasteiger partial charge is 0.133 e. The van der Waals surface area contributed by atoms with Crippen LogP contribution in [0.5, 0.6) is 5.75 Å². The summed E-state index contributed by atoms with van der Waals surface area (Å²) in [5, 5.41) is 9.38. The summed E-state index contributed by atoms with van der Waals surface area (Å²) < 4.78 is 10.9. The second-order valence-electron chi connectivity index (χ2n) is 8.63. The SMILES string of the molecule is CC.CCB(C)C.CCC.COC/C=C/COc1cc(C)c(-c2cccc(CO)c2)c2c1CC2. The van der Waals surface area contributed by atoms with Gasteiger partial charge in [0.1, 0.15) is 19.1 Å². The van der Waals surface area contributed by atoms with Crippen LogP contribution in [0.1, 0.15) is 63.3 Å². The fraction of sp³-hybridized carbons (Fsp3) is 0.533. The van der Waals surface area contributed by atoms with Crippen molar-refractivity contribution in [2.24, 2.45) is 0 Å². The summed E-state index contributed by atoms with van der Waals surface area (Å²) in [5.74, 6) is 0.998. The van der Waals surface area contributed by atoms with Gasteiger partial charge in [0.25, 0.3) is 0 Å². The molecular formula is C30H49BO3. The summed E-state index contributed by atoms with van der Waals surface area (Å²) in [6.45, 7) is 19.2. The molecule has 0 unspecified atom stereocenters. The lowest BCUT2D eigenvalue weighted by atomic mass is 9.53. The van der Waals surface area contributed by atoms with Gasteiger partial charge in [0, 0.05) is 7.11 Å². The van der Waals surface area contributed by atoms with Crippen molar-refractivity contribution in [1.29, 1.82) is 0 Å². The first-order valence-electron chi connectivity index (χ1n) is 13.0. The van der Waals surface area contributed by atoms with E-state index in [1.165, 1.54) is 40.6 Å². The van der Waals surface area contributed by atoms with E-state index in [0.29, 0.717) is 13.2 Å². The molecule has 0 radical (unpaired) electrons. The monoisotopic (exact) mass is 468 g/mol. The van der Waals surface area contributed by atoms with Gasteiger partial charge in [-0.2, -0.15) is 0 Å². The molecular weight excluding hydrogens is 419 g/mol. The molecule has 1 aliphatic rings. The molecule has 1 aliphatic carbocycles. The molecule has 0 spiro atoms. The first-order valence-corrected chi connectivity index (χ1v) is 13.0. The summed E-state index contributed by atoms with van der Waals surface area (Å²) in [4.78, 5) is 0. The minimum Gasteiger partial charge on any atom is -0.489 e. The highest BCUT2D eigenvalue weighted by molar-refractivity contribution is 6.55. The molecule has 0 saturated carbocycles. The van der Waals surface area contributed by atoms with Gasteiger partial charge in [-0.25, -0.2) is 0 Å². The molecule has 34 heavy (non-hydrogen) atoms. The lowest BCUT2D eigenvalue weighted by Crippen LogP contribution is -2.14. The quantitative estimate of drug-likeness (QED) is 0.315. The number of hydrogen-bond donors (Lipinski definition) is 1. The van der Waals surface area contributed by atoms with Crippen molar-refractivity contribution in [3.63, 3.8) is 0 Å². The third kappa shape index (κ3) is 10.9. The number of aliphatic hydroxyl groups excluding tert-OH is 1. The van der Waals surface area contributed by atoms with Gasteiger partial charge in [0.05, 0.1) is 13.2 Å². The van der Waals surface area contributed by atoms with Crippen LogP contribution in [0.3, 0.4) is 0 Å². The Morgan fingerprint density at radius 3 is 2.06 bits per heavy atom. The highest BCUT2D eigenvalue weighted by atomic mass is 16.5. The zero-order valence-electron chi connectivity index (χ0n) is 23.3. The molecule has 2 aromatic carbocycles. The molecule has 0 saturated heterocycles. The van der Waals surface area contributed by atoms with Gasteiger partial charge < -0.3 is 14.6 Å². The van der Waals surface area contributed by atoms with E-state index in [0.717, 1.165) is 30.9 Å². The Morgan fingerprint density at radius 1 is 0.971 bits per heavy atom. The molecule has 0 fully saturated rings. The van der Waals surface area contributed by atoms with Crippen LogP contribution in [-0.2, 0) is 24.2 Å². The topological polar surface area (TPSA) is 38.7 Å². The third-order valence-electron chi connectivity index (χ3n) is 5.31. The minimum absolute atomic E-state index is 0.0735. The largest absolute Gasteiger partial charge is 0.489 e. The number of aryl methyl sites for hydroxylation is 1. The fourth-order valence-electron chi connectivity index (χ4n) is 3.24. The van der Waals surface area contributed by atoms with E-state index in [1.54, 1.807) is 7.11 Å². The molecule has 0 aliphatic heterocycles. The van der Waals surface area contributed by atoms with Gasteiger partial charge >= 0.3 is 0 Å². The van der Waals surface area contributed by atoms with E-state index < -0.39 is 0 Å². The highest BCUT2D eigenvalue weighted by Crippen LogP contribution is 2.42. The van der Waals surface area contributed by atoms with Crippen LogP contribution < -0.4 is 4.74 Å². The average molecular weight is 469 g/mol. The van der Waals surface area contributed by atoms with Crippen molar-refractivity contribution < 1.29 is 14.6 Å². The van der Waals surface area contributed by atoms with Crippen LogP contribution in [0, 0.1) is 6.92 Å². The standard InChI is InChI=1S/C21H24O3.C4H11B.C3H8.C2H6/c1-15-12-20(24-11-4-3-10-23-2)18-8-9-19(18)21(15)17-7-5-6-16(13-17)14-22;1-4-5(2)3;1-3-2;1-2/h3-7,12-13,22H,8-11,14H2,1-2H3;4H2,1-3H3;3H2,1-2H3;1-2H3/b4-3+;;;. The fourth-order valence-corrected chi connectivity index (χ4v) is 3.24. The van der Waals surface area contributed by atoms with Crippen LogP contribution in [0.15, 0.2) is 42.5 Å². The van der Waals surface area contributed by atoms with E-state index in [-0.39, 0.29) is 6.61 Å². The number of aliphatic hydroxyl groups is 1. The van der Waals surface area contributed by atoms with E-state index in [2.05, 4.69) is 59.5 Å². The summed E-state index contributed by atoms with van der Waals surface area (Å²) in [5.41, 5.74) is 7.37. The number of benzene rings is 2. The number of methoxy groups -OCH3 is 1. The summed E-state index contributed by atoms with van der Waals surface area (Å²) in [7, 11) is 1.68. The Hall–Kier alpha value is -2.04. The van der Waals surface area contributed by atoms with Gasteiger partial charge in [0.2, 0.25) is 0 Å². The van der Waals surface area contributed by atoms with Crippen LogP contribution in [0.2, 0.25) is 20.0 Å². The van der Waals surface area contributed by atoms with E-state index >= 15 is 0 Å². The maximum Gasteiger partial charge on any atom is 0.133 e. The minimum atomic E-state index is 0.0735. The molecule has 4 heteroatoms. The van der Waals surface area contributed by atoms with Crippen molar-refractivity contribution in [2.75, 3.05) is 20.3 Å². The van der Waals surface area contributed by atoms with Gasteiger partial charge in [-0.05, 0) is 71.4 Å². The molecule has 3 rings (SSSR count). The van der Waals surface area contributed by atoms with Gasteiger partial charge in [-0.3, -0.25) is 0 Å². The number of ether oxygens (including phenoxy) is 2. The van der Waals surface area contributed by atoms with Gasteiger partial charge in [-0.1, -0.05) is 85.3 Å². The predicted molar refractivity (Wildman–Crippen MR) is 152 cm³/mol. The van der Waals surface area contributed by atoms with Gasteiger partial charge in [-0.15, -0.1) is 0 Å². The Kier molecular flexibility index (Phi) is 18.1. The lowest BCUT2D eigenvalue weighted by molar-refractivity contribution is 0.233. The Morgan fingerprint density at radius 2 is 1.56 bits per heavy atom. The first kappa shape index (κ1) is 32.0. The maximum atomic E-state index is 9.38. The third-order valence-corrected chi connectivity index (χ3v) is 5.31. The van der Waals surface area contributed by atoms with E-state index in [4.69, 9.17) is 9.47 Å². The molecule has 1 N–H and O–H groups in total. The normalized spacial score (nSPS) is 11.0. The van der Waals surface area contributed by atoms with Crippen molar-refractivity contribution in [1.82, 2.24) is 0 Å². The number of fused-ring (bicyclic) bond motifs is 1. The Labute approximate surface area is 210 Å². The second kappa shape index (κ2) is 19.3. The molecule has 2 aromatic rings. The van der Waals surface area contributed by atoms with Crippen LogP contribution >= 0.6 is 0 Å². The molecule has 0 amide bonds. The Balaban J connectivity index is 0.000000935. The molecule has 0 aromatic heterocycles. The number of rotatable bonds is 8. The van der Waals surface area contributed by atoms with Gasteiger partial charge in [0.15, 0.2) is 0 Å².